The molecule has 0 radical (unpaired) electrons. The van der Waals surface area contributed by atoms with E-state index in [1.54, 1.807) is 55.6 Å². The molecule has 228 valence electrons. The molecule has 11 nitrogen and oxygen atoms in total. The number of ether oxygens (including phenoxy) is 1. The Morgan fingerprint density at radius 1 is 1.00 bits per heavy atom. The van der Waals surface area contributed by atoms with Gasteiger partial charge in [-0.15, -0.1) is 0 Å². The molecule has 0 aliphatic heterocycles. The lowest BCUT2D eigenvalue weighted by atomic mass is 9.97. The standard InChI is InChI=1S/C9H9NO2.C9H10O3.C6H14N2O2.C6H13N/c1-7(12)10-9-4-2-8(6-11)3-5-9;1-12-8-4-2-7(3-5-8)6-9(10)11;7-4-2-1-3-5(8)6(9)10;7-6-4-2-1-3-5-6/h2-6H,1H3,(H,10,12);2-5H,6H2,1H3,(H,10,11);5H,1-4,7-8H2,(H,9,10);6H,1-5,7H2. The molecule has 9 N–H and O–H groups in total. The molecule has 11 heteroatoms. The summed E-state index contributed by atoms with van der Waals surface area (Å²) < 4.78 is 4.93. The third-order valence-electron chi connectivity index (χ3n) is 5.82. The van der Waals surface area contributed by atoms with Gasteiger partial charge in [-0.05, 0) is 74.2 Å². The van der Waals surface area contributed by atoms with Gasteiger partial charge in [0.05, 0.1) is 13.5 Å². The Morgan fingerprint density at radius 3 is 1.98 bits per heavy atom. The second-order valence-corrected chi connectivity index (χ2v) is 9.47. The molecule has 1 aliphatic rings. The van der Waals surface area contributed by atoms with Crippen LogP contribution in [0.5, 0.6) is 5.75 Å². The highest BCUT2D eigenvalue weighted by molar-refractivity contribution is 5.89. The molecule has 1 fully saturated rings. The molecule has 0 heterocycles. The lowest BCUT2D eigenvalue weighted by Crippen LogP contribution is -2.29. The minimum atomic E-state index is -0.933. The highest BCUT2D eigenvalue weighted by Gasteiger charge is 2.09. The van der Waals surface area contributed by atoms with Crippen molar-refractivity contribution in [2.24, 2.45) is 17.2 Å². The molecular weight excluding hydrogens is 528 g/mol. The van der Waals surface area contributed by atoms with E-state index in [0.29, 0.717) is 30.3 Å². The summed E-state index contributed by atoms with van der Waals surface area (Å²) in [7, 11) is 1.58. The third-order valence-corrected chi connectivity index (χ3v) is 5.82. The maximum atomic E-state index is 10.6. The van der Waals surface area contributed by atoms with Crippen molar-refractivity contribution in [1.82, 2.24) is 0 Å². The van der Waals surface area contributed by atoms with E-state index in [-0.39, 0.29) is 12.3 Å². The van der Waals surface area contributed by atoms with E-state index in [1.807, 2.05) is 0 Å². The van der Waals surface area contributed by atoms with Crippen molar-refractivity contribution in [3.8, 4) is 5.75 Å². The molecule has 3 rings (SSSR count). The first kappa shape index (κ1) is 37.2. The van der Waals surface area contributed by atoms with Crippen molar-refractivity contribution < 1.29 is 34.1 Å². The van der Waals surface area contributed by atoms with Gasteiger partial charge in [-0.1, -0.05) is 37.8 Å². The van der Waals surface area contributed by atoms with Crippen molar-refractivity contribution >= 4 is 29.8 Å². The number of hydrogen-bond acceptors (Lipinski definition) is 8. The summed E-state index contributed by atoms with van der Waals surface area (Å²) >= 11 is 0. The number of amides is 1. The number of benzene rings is 2. The fourth-order valence-electron chi connectivity index (χ4n) is 3.53. The van der Waals surface area contributed by atoms with E-state index in [4.69, 9.17) is 32.2 Å². The van der Waals surface area contributed by atoms with E-state index in [0.717, 1.165) is 30.4 Å². The molecule has 0 aromatic heterocycles. The van der Waals surface area contributed by atoms with Crippen LogP contribution in [0, 0.1) is 0 Å². The van der Waals surface area contributed by atoms with Crippen molar-refractivity contribution in [3.05, 3.63) is 59.7 Å². The Labute approximate surface area is 242 Å². The molecule has 0 spiro atoms. The normalized spacial score (nSPS) is 12.9. The van der Waals surface area contributed by atoms with Crippen molar-refractivity contribution in [2.75, 3.05) is 19.0 Å². The number of aliphatic carboxylic acids is 2. The zero-order valence-corrected chi connectivity index (χ0v) is 24.1. The summed E-state index contributed by atoms with van der Waals surface area (Å²) in [6.45, 7) is 2.04. The highest BCUT2D eigenvalue weighted by Crippen LogP contribution is 2.15. The van der Waals surface area contributed by atoms with Crippen LogP contribution in [0.15, 0.2) is 48.5 Å². The first-order valence-corrected chi connectivity index (χ1v) is 13.6. The van der Waals surface area contributed by atoms with Gasteiger partial charge in [0.1, 0.15) is 18.1 Å². The number of nitrogens with one attached hydrogen (secondary N) is 1. The van der Waals surface area contributed by atoms with Crippen LogP contribution in [0.4, 0.5) is 5.69 Å². The van der Waals surface area contributed by atoms with Gasteiger partial charge in [-0.2, -0.15) is 0 Å². The van der Waals surface area contributed by atoms with Gasteiger partial charge in [0.2, 0.25) is 5.91 Å². The Kier molecular flexibility index (Phi) is 20.8. The van der Waals surface area contributed by atoms with Gasteiger partial charge in [0.25, 0.3) is 0 Å². The number of hydrogen-bond donors (Lipinski definition) is 6. The molecule has 0 bridgehead atoms. The zero-order valence-electron chi connectivity index (χ0n) is 24.1. The van der Waals surface area contributed by atoms with Crippen molar-refractivity contribution in [2.45, 2.75) is 76.8 Å². The summed E-state index contributed by atoms with van der Waals surface area (Å²) in [6.07, 6.45) is 9.65. The van der Waals surface area contributed by atoms with Crippen molar-refractivity contribution in [3.63, 3.8) is 0 Å². The first-order chi connectivity index (χ1) is 19.5. The maximum Gasteiger partial charge on any atom is 0.320 e. The molecule has 0 saturated heterocycles. The van der Waals surface area contributed by atoms with Crippen LogP contribution in [-0.4, -0.2) is 60.1 Å². The van der Waals surface area contributed by atoms with Gasteiger partial charge in [0, 0.05) is 24.2 Å². The quantitative estimate of drug-likeness (QED) is 0.179. The predicted octanol–water partition coefficient (Wildman–Crippen LogP) is 3.58. The lowest BCUT2D eigenvalue weighted by Gasteiger charge is -2.15. The van der Waals surface area contributed by atoms with Gasteiger partial charge in [0.15, 0.2) is 0 Å². The summed E-state index contributed by atoms with van der Waals surface area (Å²) in [4.78, 5) is 41.3. The zero-order chi connectivity index (χ0) is 31.0. The molecule has 2 aromatic carbocycles. The van der Waals surface area contributed by atoms with Crippen LogP contribution in [-0.2, 0) is 20.8 Å². The molecule has 1 aliphatic carbocycles. The smallest absolute Gasteiger partial charge is 0.320 e. The number of anilines is 1. The largest absolute Gasteiger partial charge is 0.497 e. The predicted molar refractivity (Wildman–Crippen MR) is 160 cm³/mol. The lowest BCUT2D eigenvalue weighted by molar-refractivity contribution is -0.139. The van der Waals surface area contributed by atoms with E-state index in [9.17, 15) is 19.2 Å². The number of carbonyl (C=O) groups excluding carboxylic acids is 2. The molecule has 1 saturated carbocycles. The fourth-order valence-corrected chi connectivity index (χ4v) is 3.53. The SMILES string of the molecule is CC(=O)Nc1ccc(C=O)cc1.COc1ccc(CC(=O)O)cc1.NC1CCCCC1.NCCCCC(N)C(=O)O. The van der Waals surface area contributed by atoms with Gasteiger partial charge in [-0.3, -0.25) is 19.2 Å². The van der Waals surface area contributed by atoms with Crippen LogP contribution < -0.4 is 27.3 Å². The Hall–Kier alpha value is -3.80. The number of unbranched alkanes of at least 4 members (excludes halogenated alkanes) is 1. The van der Waals surface area contributed by atoms with Gasteiger partial charge in [-0.25, -0.2) is 0 Å². The number of carbonyl (C=O) groups is 4. The number of carboxylic acid groups (broad SMARTS) is 2. The topological polar surface area (TPSA) is 208 Å². The van der Waals surface area contributed by atoms with Crippen LogP contribution in [0.2, 0.25) is 0 Å². The molecule has 1 atom stereocenters. The average Bonchev–Trinajstić information content (AvgIpc) is 2.95. The number of aldehydes is 1. The van der Waals surface area contributed by atoms with Crippen LogP contribution >= 0.6 is 0 Å². The average molecular weight is 575 g/mol. The number of rotatable bonds is 10. The van der Waals surface area contributed by atoms with Crippen LogP contribution in [0.1, 0.15) is 74.2 Å². The van der Waals surface area contributed by atoms with Crippen LogP contribution in [0.25, 0.3) is 0 Å². The fraction of sp³-hybridized carbons (Fsp3) is 0.467. The second-order valence-electron chi connectivity index (χ2n) is 9.47. The number of carboxylic acids is 2. The Bertz CT molecular complexity index is 1010. The molecular formula is C30H46N4O7. The third kappa shape index (κ3) is 20.7. The van der Waals surface area contributed by atoms with Crippen molar-refractivity contribution in [1.29, 1.82) is 0 Å². The minimum Gasteiger partial charge on any atom is -0.497 e. The number of methoxy groups -OCH3 is 1. The molecule has 1 unspecified atom stereocenters. The van der Waals surface area contributed by atoms with Gasteiger partial charge >= 0.3 is 11.9 Å². The molecule has 1 amide bonds. The minimum absolute atomic E-state index is 0.0595. The molecule has 41 heavy (non-hydrogen) atoms. The summed E-state index contributed by atoms with van der Waals surface area (Å²) in [5.74, 6) is -1.13. The van der Waals surface area contributed by atoms with E-state index < -0.39 is 18.0 Å². The van der Waals surface area contributed by atoms with Gasteiger partial charge < -0.3 is 37.5 Å². The Balaban J connectivity index is 0.000000530. The Morgan fingerprint density at radius 2 is 1.59 bits per heavy atom. The maximum absolute atomic E-state index is 10.6. The highest BCUT2D eigenvalue weighted by atomic mass is 16.5. The van der Waals surface area contributed by atoms with E-state index in [2.05, 4.69) is 5.32 Å². The first-order valence-electron chi connectivity index (χ1n) is 13.6. The number of nitrogens with two attached hydrogens (primary N) is 3. The van der Waals surface area contributed by atoms with E-state index in [1.165, 1.54) is 39.0 Å². The molecule has 2 aromatic rings. The van der Waals surface area contributed by atoms with E-state index >= 15 is 0 Å². The van der Waals surface area contributed by atoms with Crippen LogP contribution in [0.3, 0.4) is 0 Å². The summed E-state index contributed by atoms with van der Waals surface area (Å²) in [6, 6.07) is 13.5. The monoisotopic (exact) mass is 574 g/mol. The summed E-state index contributed by atoms with van der Waals surface area (Å²) in [5, 5.41) is 19.4. The second kappa shape index (κ2) is 23.0. The summed E-state index contributed by atoms with van der Waals surface area (Å²) in [5.41, 5.74) is 18.1.